The number of anilines is 1. The van der Waals surface area contributed by atoms with E-state index in [-0.39, 0.29) is 0 Å². The van der Waals surface area contributed by atoms with E-state index in [4.69, 9.17) is 5.11 Å². The Kier molecular flexibility index (Phi) is 3.44. The lowest BCUT2D eigenvalue weighted by Crippen LogP contribution is -2.02. The quantitative estimate of drug-likeness (QED) is 0.828. The molecule has 0 aliphatic heterocycles. The summed E-state index contributed by atoms with van der Waals surface area (Å²) in [6.07, 6.45) is 1.42. The van der Waals surface area contributed by atoms with Crippen LogP contribution >= 0.6 is 11.3 Å². The lowest BCUT2D eigenvalue weighted by Gasteiger charge is -2.03. The zero-order valence-corrected chi connectivity index (χ0v) is 10.8. The normalized spacial score (nSPS) is 9.89. The van der Waals surface area contributed by atoms with Crippen molar-refractivity contribution in [2.75, 3.05) is 11.9 Å². The van der Waals surface area contributed by atoms with E-state index in [9.17, 15) is 4.79 Å². The van der Waals surface area contributed by atoms with Crippen molar-refractivity contribution in [2.45, 2.75) is 13.8 Å². The van der Waals surface area contributed by atoms with Gasteiger partial charge in [0.15, 0.2) is 0 Å². The summed E-state index contributed by atoms with van der Waals surface area (Å²) in [6.45, 7) is 4.00. The van der Waals surface area contributed by atoms with Crippen LogP contribution in [0.3, 0.4) is 0 Å². The average molecular weight is 261 g/mol. The van der Waals surface area contributed by atoms with Crippen molar-refractivity contribution in [1.82, 2.24) is 9.97 Å². The number of fused-ring (bicyclic) bond motifs is 1. The summed E-state index contributed by atoms with van der Waals surface area (Å²) in [7, 11) is 0. The third-order valence-electron chi connectivity index (χ3n) is 2.44. The van der Waals surface area contributed by atoms with Crippen LogP contribution in [0.2, 0.25) is 0 Å². The Labute approximate surface area is 108 Å². The molecule has 0 aliphatic rings. The molecule has 0 atom stereocenters. The van der Waals surface area contributed by atoms with Crippen molar-refractivity contribution in [3.05, 3.63) is 16.8 Å². The molecule has 0 amide bonds. The van der Waals surface area contributed by atoms with E-state index in [1.54, 1.807) is 13.8 Å². The van der Waals surface area contributed by atoms with Crippen LogP contribution in [0.1, 0.15) is 22.2 Å². The van der Waals surface area contributed by atoms with Gasteiger partial charge in [-0.15, -0.1) is 17.3 Å². The molecule has 0 aliphatic carbocycles. The van der Waals surface area contributed by atoms with Gasteiger partial charge in [0, 0.05) is 0 Å². The molecular weight excluding hydrogens is 250 g/mol. The van der Waals surface area contributed by atoms with Gasteiger partial charge < -0.3 is 10.4 Å². The first-order valence-electron chi connectivity index (χ1n) is 5.26. The summed E-state index contributed by atoms with van der Waals surface area (Å²) in [4.78, 5) is 20.3. The monoisotopic (exact) mass is 261 g/mol. The SMILES string of the molecule is CC#CCNc1ncnc2sc(C(=O)O)c(C)c12. The lowest BCUT2D eigenvalue weighted by atomic mass is 10.2. The van der Waals surface area contributed by atoms with Gasteiger partial charge in [0.1, 0.15) is 21.9 Å². The zero-order chi connectivity index (χ0) is 13.1. The van der Waals surface area contributed by atoms with Crippen LogP contribution in [0.4, 0.5) is 5.82 Å². The Bertz CT molecular complexity index is 667. The molecule has 2 rings (SSSR count). The molecule has 2 N–H and O–H groups in total. The Morgan fingerprint density at radius 2 is 2.33 bits per heavy atom. The topological polar surface area (TPSA) is 75.1 Å². The largest absolute Gasteiger partial charge is 0.477 e. The molecule has 6 heteroatoms. The van der Waals surface area contributed by atoms with Crippen LogP contribution in [-0.2, 0) is 0 Å². The molecule has 92 valence electrons. The lowest BCUT2D eigenvalue weighted by molar-refractivity contribution is 0.0701. The fourth-order valence-electron chi connectivity index (χ4n) is 1.63. The second-order valence-corrected chi connectivity index (χ2v) is 4.54. The Balaban J connectivity index is 2.53. The molecule has 0 saturated heterocycles. The molecule has 0 aromatic carbocycles. The van der Waals surface area contributed by atoms with Crippen LogP contribution in [-0.4, -0.2) is 27.6 Å². The van der Waals surface area contributed by atoms with E-state index in [1.807, 2.05) is 0 Å². The average Bonchev–Trinajstić information content (AvgIpc) is 2.68. The molecule has 2 heterocycles. The Hall–Kier alpha value is -2.13. The molecule has 0 radical (unpaired) electrons. The van der Waals surface area contributed by atoms with Gasteiger partial charge in [-0.05, 0) is 19.4 Å². The minimum Gasteiger partial charge on any atom is -0.477 e. The summed E-state index contributed by atoms with van der Waals surface area (Å²) < 4.78 is 0. The van der Waals surface area contributed by atoms with Crippen molar-refractivity contribution in [3.8, 4) is 11.8 Å². The molecule has 5 nitrogen and oxygen atoms in total. The minimum absolute atomic E-state index is 0.301. The summed E-state index contributed by atoms with van der Waals surface area (Å²) in [6, 6.07) is 0. The maximum atomic E-state index is 11.1. The molecule has 0 fully saturated rings. The van der Waals surface area contributed by atoms with Gasteiger partial charge in [-0.3, -0.25) is 0 Å². The summed E-state index contributed by atoms with van der Waals surface area (Å²) in [5, 5.41) is 12.9. The highest BCUT2D eigenvalue weighted by molar-refractivity contribution is 7.20. The van der Waals surface area contributed by atoms with Crippen LogP contribution in [0.5, 0.6) is 0 Å². The minimum atomic E-state index is -0.935. The van der Waals surface area contributed by atoms with Gasteiger partial charge in [-0.1, -0.05) is 5.92 Å². The number of rotatable bonds is 3. The molecule has 2 aromatic heterocycles. The van der Waals surface area contributed by atoms with Gasteiger partial charge in [-0.25, -0.2) is 14.8 Å². The predicted molar refractivity (Wildman–Crippen MR) is 71.1 cm³/mol. The van der Waals surface area contributed by atoms with Crippen LogP contribution in [0, 0.1) is 18.8 Å². The van der Waals surface area contributed by atoms with Crippen molar-refractivity contribution in [2.24, 2.45) is 0 Å². The maximum absolute atomic E-state index is 11.1. The van der Waals surface area contributed by atoms with Gasteiger partial charge >= 0.3 is 5.97 Å². The number of nitrogens with one attached hydrogen (secondary N) is 1. The molecule has 0 bridgehead atoms. The first-order valence-corrected chi connectivity index (χ1v) is 6.07. The molecule has 0 spiro atoms. The molecule has 18 heavy (non-hydrogen) atoms. The van der Waals surface area contributed by atoms with E-state index in [0.29, 0.717) is 27.6 Å². The second-order valence-electron chi connectivity index (χ2n) is 3.54. The van der Waals surface area contributed by atoms with E-state index >= 15 is 0 Å². The van der Waals surface area contributed by atoms with Gasteiger partial charge in [0.2, 0.25) is 0 Å². The first-order chi connectivity index (χ1) is 8.65. The molecule has 0 saturated carbocycles. The van der Waals surface area contributed by atoms with Gasteiger partial charge in [-0.2, -0.15) is 0 Å². The number of aryl methyl sites for hydroxylation is 1. The number of carboxylic acid groups (broad SMARTS) is 1. The summed E-state index contributed by atoms with van der Waals surface area (Å²) in [5.41, 5.74) is 0.690. The second kappa shape index (κ2) is 5.02. The maximum Gasteiger partial charge on any atom is 0.346 e. The van der Waals surface area contributed by atoms with Crippen molar-refractivity contribution < 1.29 is 9.90 Å². The predicted octanol–water partition coefficient (Wildman–Crippen LogP) is 2.13. The number of aromatic nitrogens is 2. The highest BCUT2D eigenvalue weighted by Gasteiger charge is 2.18. The number of carbonyl (C=O) groups is 1. The molecule has 0 unspecified atom stereocenters. The number of aromatic carboxylic acids is 1. The van der Waals surface area contributed by atoms with Crippen LogP contribution in [0.25, 0.3) is 10.2 Å². The number of thiophene rings is 1. The first kappa shape index (κ1) is 12.3. The van der Waals surface area contributed by atoms with E-state index < -0.39 is 5.97 Å². The summed E-state index contributed by atoms with van der Waals surface area (Å²) in [5.74, 6) is 5.35. The number of carboxylic acids is 1. The van der Waals surface area contributed by atoms with Crippen molar-refractivity contribution >= 4 is 33.3 Å². The van der Waals surface area contributed by atoms with E-state index in [1.165, 1.54) is 6.33 Å². The van der Waals surface area contributed by atoms with E-state index in [2.05, 4.69) is 27.1 Å². The fourth-order valence-corrected chi connectivity index (χ4v) is 2.61. The summed E-state index contributed by atoms with van der Waals surface area (Å²) >= 11 is 1.16. The number of hydrogen-bond donors (Lipinski definition) is 2. The van der Waals surface area contributed by atoms with Crippen molar-refractivity contribution in [3.63, 3.8) is 0 Å². The number of hydrogen-bond acceptors (Lipinski definition) is 5. The van der Waals surface area contributed by atoms with Crippen LogP contribution < -0.4 is 5.32 Å². The fraction of sp³-hybridized carbons (Fsp3) is 0.250. The van der Waals surface area contributed by atoms with Crippen molar-refractivity contribution in [1.29, 1.82) is 0 Å². The highest BCUT2D eigenvalue weighted by atomic mass is 32.1. The van der Waals surface area contributed by atoms with Gasteiger partial charge in [0.25, 0.3) is 0 Å². The van der Waals surface area contributed by atoms with E-state index in [0.717, 1.165) is 16.7 Å². The third kappa shape index (κ3) is 2.13. The van der Waals surface area contributed by atoms with Gasteiger partial charge in [0.05, 0.1) is 11.9 Å². The van der Waals surface area contributed by atoms with Crippen LogP contribution in [0.15, 0.2) is 6.33 Å². The Morgan fingerprint density at radius 3 is 3.00 bits per heavy atom. The Morgan fingerprint density at radius 1 is 1.56 bits per heavy atom. The standard InChI is InChI=1S/C12H11N3O2S/c1-3-4-5-13-10-8-7(2)9(12(16)17)18-11(8)15-6-14-10/h6H,5H2,1-2H3,(H,16,17)(H,13,14,15). The molecular formula is C12H11N3O2S. The third-order valence-corrected chi connectivity index (χ3v) is 3.63. The number of nitrogens with zero attached hydrogens (tertiary/aromatic N) is 2. The highest BCUT2D eigenvalue weighted by Crippen LogP contribution is 2.32. The smallest absolute Gasteiger partial charge is 0.346 e. The zero-order valence-electron chi connectivity index (χ0n) is 9.94. The molecule has 2 aromatic rings.